The smallest absolute Gasteiger partial charge is 0.261 e. The Morgan fingerprint density at radius 1 is 1.53 bits per heavy atom. The van der Waals surface area contributed by atoms with Gasteiger partial charge in [-0.05, 0) is 28.7 Å². The van der Waals surface area contributed by atoms with Crippen molar-refractivity contribution in [2.45, 2.75) is 4.90 Å². The summed E-state index contributed by atoms with van der Waals surface area (Å²) in [6.07, 6.45) is 0. The Hall–Kier alpha value is -0.520. The number of nitrogens with zero attached hydrogens (tertiary/aromatic N) is 1. The molecule has 0 saturated carbocycles. The SMILES string of the molecule is COc1cc(S(=O)(=O)Cl)cc(I)c1C#N. The van der Waals surface area contributed by atoms with Crippen LogP contribution in [0.3, 0.4) is 0 Å². The highest BCUT2D eigenvalue weighted by atomic mass is 127. The number of methoxy groups -OCH3 is 1. The molecule has 0 bridgehead atoms. The van der Waals surface area contributed by atoms with Crippen LogP contribution in [0.2, 0.25) is 0 Å². The zero-order valence-electron chi connectivity index (χ0n) is 7.49. The van der Waals surface area contributed by atoms with Crippen molar-refractivity contribution in [3.05, 3.63) is 21.3 Å². The lowest BCUT2D eigenvalue weighted by Crippen LogP contribution is -1.97. The van der Waals surface area contributed by atoms with Crippen LogP contribution in [0.25, 0.3) is 0 Å². The van der Waals surface area contributed by atoms with Crippen LogP contribution in [0.1, 0.15) is 5.56 Å². The van der Waals surface area contributed by atoms with E-state index in [4.69, 9.17) is 20.7 Å². The summed E-state index contributed by atoms with van der Waals surface area (Å²) < 4.78 is 27.5. The van der Waals surface area contributed by atoms with Crippen LogP contribution >= 0.6 is 33.3 Å². The van der Waals surface area contributed by atoms with Gasteiger partial charge in [0.05, 0.1) is 12.0 Å². The van der Waals surface area contributed by atoms with Crippen LogP contribution in [0, 0.1) is 14.9 Å². The molecule has 1 rings (SSSR count). The summed E-state index contributed by atoms with van der Waals surface area (Å²) in [6, 6.07) is 4.47. The third kappa shape index (κ3) is 2.74. The van der Waals surface area contributed by atoms with Crippen LogP contribution in [0.15, 0.2) is 17.0 Å². The number of hydrogen-bond acceptors (Lipinski definition) is 4. The van der Waals surface area contributed by atoms with E-state index in [2.05, 4.69) is 0 Å². The van der Waals surface area contributed by atoms with Crippen LogP contribution < -0.4 is 4.74 Å². The minimum absolute atomic E-state index is 0.0792. The highest BCUT2D eigenvalue weighted by Gasteiger charge is 2.16. The molecule has 0 radical (unpaired) electrons. The average molecular weight is 358 g/mol. The monoisotopic (exact) mass is 357 g/mol. The van der Waals surface area contributed by atoms with Gasteiger partial charge in [0.15, 0.2) is 0 Å². The maximum Gasteiger partial charge on any atom is 0.261 e. The summed E-state index contributed by atoms with van der Waals surface area (Å²) >= 11 is 1.85. The van der Waals surface area contributed by atoms with Gasteiger partial charge >= 0.3 is 0 Å². The molecule has 15 heavy (non-hydrogen) atoms. The molecule has 0 heterocycles. The predicted octanol–water partition coefficient (Wildman–Crippen LogP) is 2.10. The van der Waals surface area contributed by atoms with E-state index in [0.717, 1.165) is 0 Å². The quantitative estimate of drug-likeness (QED) is 0.600. The Bertz CT molecular complexity index is 536. The van der Waals surface area contributed by atoms with Gasteiger partial charge in [0, 0.05) is 20.3 Å². The first-order chi connectivity index (χ1) is 6.90. The average Bonchev–Trinajstić information content (AvgIpc) is 2.15. The molecule has 0 amide bonds. The number of benzene rings is 1. The van der Waals surface area contributed by atoms with Gasteiger partial charge in [-0.3, -0.25) is 0 Å². The van der Waals surface area contributed by atoms with Crippen LogP contribution in [0.4, 0.5) is 0 Å². The number of nitriles is 1. The van der Waals surface area contributed by atoms with Gasteiger partial charge in [-0.25, -0.2) is 8.42 Å². The highest BCUT2D eigenvalue weighted by Crippen LogP contribution is 2.28. The molecule has 0 spiro atoms. The fourth-order valence-corrected chi connectivity index (χ4v) is 2.67. The molecule has 1 aromatic rings. The third-order valence-electron chi connectivity index (χ3n) is 1.64. The summed E-state index contributed by atoms with van der Waals surface area (Å²) in [7, 11) is 2.74. The first kappa shape index (κ1) is 12.5. The third-order valence-corrected chi connectivity index (χ3v) is 3.82. The van der Waals surface area contributed by atoms with Crippen molar-refractivity contribution in [3.8, 4) is 11.8 Å². The Labute approximate surface area is 105 Å². The van der Waals surface area contributed by atoms with Crippen molar-refractivity contribution < 1.29 is 13.2 Å². The van der Waals surface area contributed by atoms with E-state index in [1.54, 1.807) is 0 Å². The Morgan fingerprint density at radius 3 is 2.53 bits per heavy atom. The fraction of sp³-hybridized carbons (Fsp3) is 0.125. The maximum atomic E-state index is 11.1. The Balaban J connectivity index is 3.54. The van der Waals surface area contributed by atoms with Crippen molar-refractivity contribution in [1.82, 2.24) is 0 Å². The number of halogens is 2. The van der Waals surface area contributed by atoms with Crippen molar-refractivity contribution in [2.24, 2.45) is 0 Å². The van der Waals surface area contributed by atoms with Gasteiger partial charge in [0.1, 0.15) is 17.4 Å². The van der Waals surface area contributed by atoms with E-state index in [1.165, 1.54) is 19.2 Å². The molecular formula is C8H5ClINO3S. The Morgan fingerprint density at radius 2 is 2.13 bits per heavy atom. The molecule has 0 aliphatic heterocycles. The highest BCUT2D eigenvalue weighted by molar-refractivity contribution is 14.1. The molecule has 0 N–H and O–H groups in total. The van der Waals surface area contributed by atoms with E-state index < -0.39 is 9.05 Å². The normalized spacial score (nSPS) is 10.8. The van der Waals surface area contributed by atoms with Gasteiger partial charge < -0.3 is 4.74 Å². The first-order valence-electron chi connectivity index (χ1n) is 3.62. The lowest BCUT2D eigenvalue weighted by Gasteiger charge is -2.06. The molecule has 80 valence electrons. The number of rotatable bonds is 2. The van der Waals surface area contributed by atoms with Crippen LogP contribution in [0.5, 0.6) is 5.75 Å². The van der Waals surface area contributed by atoms with Gasteiger partial charge in [-0.2, -0.15) is 5.26 Å². The largest absolute Gasteiger partial charge is 0.495 e. The summed E-state index contributed by atoms with van der Waals surface area (Å²) in [4.78, 5) is -0.0792. The first-order valence-corrected chi connectivity index (χ1v) is 7.01. The molecule has 0 fully saturated rings. The molecule has 0 aliphatic rings. The minimum atomic E-state index is -3.80. The van der Waals surface area contributed by atoms with Gasteiger partial charge in [0.25, 0.3) is 9.05 Å². The lowest BCUT2D eigenvalue weighted by molar-refractivity contribution is 0.411. The number of hydrogen-bond donors (Lipinski definition) is 0. The van der Waals surface area contributed by atoms with Gasteiger partial charge in [0.2, 0.25) is 0 Å². The van der Waals surface area contributed by atoms with Crippen molar-refractivity contribution in [2.75, 3.05) is 7.11 Å². The van der Waals surface area contributed by atoms with E-state index >= 15 is 0 Å². The lowest BCUT2D eigenvalue weighted by atomic mass is 10.2. The minimum Gasteiger partial charge on any atom is -0.495 e. The van der Waals surface area contributed by atoms with E-state index in [-0.39, 0.29) is 10.6 Å². The number of ether oxygens (including phenoxy) is 1. The maximum absolute atomic E-state index is 11.1. The topological polar surface area (TPSA) is 67.2 Å². The molecule has 0 unspecified atom stereocenters. The summed E-state index contributed by atoms with van der Waals surface area (Å²) in [5, 5.41) is 8.81. The molecule has 1 aromatic carbocycles. The van der Waals surface area contributed by atoms with E-state index in [0.29, 0.717) is 9.13 Å². The van der Waals surface area contributed by atoms with Gasteiger partial charge in [-0.1, -0.05) is 0 Å². The van der Waals surface area contributed by atoms with E-state index in [9.17, 15) is 8.42 Å². The molecular weight excluding hydrogens is 353 g/mol. The second-order valence-corrected chi connectivity index (χ2v) is 6.26. The molecule has 0 saturated heterocycles. The predicted molar refractivity (Wildman–Crippen MR) is 63.5 cm³/mol. The molecule has 0 aliphatic carbocycles. The van der Waals surface area contributed by atoms with Crippen molar-refractivity contribution in [1.29, 1.82) is 5.26 Å². The summed E-state index contributed by atoms with van der Waals surface area (Å²) in [5.74, 6) is 0.198. The molecule has 7 heteroatoms. The molecule has 0 atom stereocenters. The zero-order valence-corrected chi connectivity index (χ0v) is 11.2. The molecule has 0 aromatic heterocycles. The standard InChI is InChI=1S/C8H5ClINO3S/c1-14-8-3-5(15(9,12)13)2-7(10)6(8)4-11/h2-3H,1H3. The second-order valence-electron chi connectivity index (χ2n) is 2.53. The van der Waals surface area contributed by atoms with Crippen molar-refractivity contribution in [3.63, 3.8) is 0 Å². The second kappa shape index (κ2) is 4.55. The van der Waals surface area contributed by atoms with Crippen LogP contribution in [-0.4, -0.2) is 15.5 Å². The van der Waals surface area contributed by atoms with Crippen molar-refractivity contribution >= 4 is 42.3 Å². The van der Waals surface area contributed by atoms with Gasteiger partial charge in [-0.15, -0.1) is 0 Å². The van der Waals surface area contributed by atoms with Crippen LogP contribution in [-0.2, 0) is 9.05 Å². The fourth-order valence-electron chi connectivity index (χ4n) is 0.968. The summed E-state index contributed by atoms with van der Waals surface area (Å²) in [5.41, 5.74) is 0.294. The van der Waals surface area contributed by atoms with E-state index in [1.807, 2.05) is 28.7 Å². The molecule has 4 nitrogen and oxygen atoms in total. The summed E-state index contributed by atoms with van der Waals surface area (Å²) in [6.45, 7) is 0. The Kier molecular flexibility index (Phi) is 3.81. The zero-order chi connectivity index (χ0) is 11.6.